The molecule has 32 heavy (non-hydrogen) atoms. The third kappa shape index (κ3) is 3.53. The van der Waals surface area contributed by atoms with Crippen molar-refractivity contribution in [2.24, 2.45) is 5.92 Å². The maximum Gasteiger partial charge on any atom is 0.228 e. The summed E-state index contributed by atoms with van der Waals surface area (Å²) in [6.07, 6.45) is 1.68. The van der Waals surface area contributed by atoms with Gasteiger partial charge >= 0.3 is 0 Å². The van der Waals surface area contributed by atoms with Gasteiger partial charge in [-0.05, 0) is 31.2 Å². The van der Waals surface area contributed by atoms with Crippen molar-refractivity contribution >= 4 is 34.5 Å². The van der Waals surface area contributed by atoms with Gasteiger partial charge in [-0.2, -0.15) is 0 Å². The lowest BCUT2D eigenvalue weighted by molar-refractivity contribution is -0.136. The number of rotatable bonds is 4. The molecule has 1 atom stereocenters. The van der Waals surface area contributed by atoms with Gasteiger partial charge in [-0.15, -0.1) is 5.10 Å². The summed E-state index contributed by atoms with van der Waals surface area (Å²) < 4.78 is 14.9. The van der Waals surface area contributed by atoms with Crippen LogP contribution in [0.25, 0.3) is 11.2 Å². The summed E-state index contributed by atoms with van der Waals surface area (Å²) in [4.78, 5) is 39.7. The summed E-state index contributed by atoms with van der Waals surface area (Å²) in [6, 6.07) is 5.77. The highest BCUT2D eigenvalue weighted by molar-refractivity contribution is 6.00. The molecule has 0 N–H and O–H groups in total. The minimum atomic E-state index is -0.394. The molecular weight excluding hydrogens is 415 g/mol. The van der Waals surface area contributed by atoms with Crippen LogP contribution in [0.1, 0.15) is 13.3 Å². The van der Waals surface area contributed by atoms with E-state index in [4.69, 9.17) is 0 Å². The molecule has 0 bridgehead atoms. The van der Waals surface area contributed by atoms with Crippen molar-refractivity contribution < 1.29 is 14.0 Å². The first-order valence-corrected chi connectivity index (χ1v) is 10.7. The lowest BCUT2D eigenvalue weighted by Gasteiger charge is -2.36. The van der Waals surface area contributed by atoms with Gasteiger partial charge in [0, 0.05) is 51.4 Å². The number of piperazine rings is 1. The molecule has 0 radical (unpaired) electrons. The fourth-order valence-electron chi connectivity index (χ4n) is 4.36. The number of carbonyl (C=O) groups excluding carboxylic acids is 2. The molecule has 11 heteroatoms. The summed E-state index contributed by atoms with van der Waals surface area (Å²) in [6.45, 7) is 5.25. The Morgan fingerprint density at radius 2 is 1.88 bits per heavy atom. The molecule has 2 aliphatic heterocycles. The lowest BCUT2D eigenvalue weighted by Crippen LogP contribution is -2.51. The zero-order valence-corrected chi connectivity index (χ0v) is 17.7. The van der Waals surface area contributed by atoms with Gasteiger partial charge in [-0.25, -0.2) is 19.0 Å². The van der Waals surface area contributed by atoms with Gasteiger partial charge < -0.3 is 14.7 Å². The van der Waals surface area contributed by atoms with Gasteiger partial charge in [0.1, 0.15) is 12.1 Å². The van der Waals surface area contributed by atoms with Crippen LogP contribution in [-0.2, 0) is 16.1 Å². The number of amides is 2. The molecule has 166 valence electrons. The summed E-state index contributed by atoms with van der Waals surface area (Å²) in [5.74, 6) is -0.165. The van der Waals surface area contributed by atoms with Gasteiger partial charge in [-0.1, -0.05) is 5.21 Å². The number of carbonyl (C=O) groups is 2. The van der Waals surface area contributed by atoms with Crippen LogP contribution < -0.4 is 9.80 Å². The number of aromatic nitrogens is 5. The van der Waals surface area contributed by atoms with Gasteiger partial charge in [0.2, 0.25) is 11.8 Å². The molecule has 2 aliphatic rings. The molecule has 1 aromatic carbocycles. The number of hydrogen-bond acceptors (Lipinski definition) is 7. The Kier molecular flexibility index (Phi) is 5.16. The van der Waals surface area contributed by atoms with Crippen LogP contribution in [0.4, 0.5) is 15.9 Å². The second-order valence-corrected chi connectivity index (χ2v) is 7.97. The van der Waals surface area contributed by atoms with Crippen LogP contribution in [0, 0.1) is 11.7 Å². The molecule has 0 unspecified atom stereocenters. The van der Waals surface area contributed by atoms with Crippen molar-refractivity contribution in [1.29, 1.82) is 0 Å². The quantitative estimate of drug-likeness (QED) is 0.601. The average molecular weight is 438 g/mol. The zero-order chi connectivity index (χ0) is 22.2. The van der Waals surface area contributed by atoms with Crippen molar-refractivity contribution in [2.45, 2.75) is 19.9 Å². The molecule has 2 fully saturated rings. The van der Waals surface area contributed by atoms with Crippen molar-refractivity contribution in [3.8, 4) is 0 Å². The molecule has 5 rings (SSSR count). The van der Waals surface area contributed by atoms with Gasteiger partial charge in [0.15, 0.2) is 17.0 Å². The number of hydrogen-bond donors (Lipinski definition) is 0. The second-order valence-electron chi connectivity index (χ2n) is 7.97. The number of anilines is 2. The fourth-order valence-corrected chi connectivity index (χ4v) is 4.36. The highest BCUT2D eigenvalue weighted by Gasteiger charge is 2.38. The third-order valence-corrected chi connectivity index (χ3v) is 6.08. The Morgan fingerprint density at radius 3 is 2.59 bits per heavy atom. The monoisotopic (exact) mass is 438 g/mol. The van der Waals surface area contributed by atoms with Crippen LogP contribution in [0.3, 0.4) is 0 Å². The lowest BCUT2D eigenvalue weighted by atomic mass is 10.1. The van der Waals surface area contributed by atoms with Crippen molar-refractivity contribution in [3.05, 3.63) is 36.4 Å². The van der Waals surface area contributed by atoms with E-state index in [0.717, 1.165) is 5.82 Å². The Morgan fingerprint density at radius 1 is 1.12 bits per heavy atom. The van der Waals surface area contributed by atoms with Crippen LogP contribution in [0.15, 0.2) is 30.6 Å². The van der Waals surface area contributed by atoms with E-state index in [2.05, 4.69) is 25.2 Å². The smallest absolute Gasteiger partial charge is 0.228 e. The number of nitrogens with zero attached hydrogens (tertiary/aromatic N) is 8. The fraction of sp³-hybridized carbons (Fsp3) is 0.429. The summed E-state index contributed by atoms with van der Waals surface area (Å²) in [7, 11) is 0. The Balaban J connectivity index is 1.24. The molecule has 2 aromatic heterocycles. The molecular formula is C21H23FN8O2. The highest BCUT2D eigenvalue weighted by Crippen LogP contribution is 2.28. The molecule has 0 saturated carbocycles. The minimum Gasteiger partial charge on any atom is -0.351 e. The van der Waals surface area contributed by atoms with Crippen molar-refractivity contribution in [3.63, 3.8) is 0 Å². The predicted molar refractivity (Wildman–Crippen MR) is 114 cm³/mol. The second kappa shape index (κ2) is 8.13. The number of aryl methyl sites for hydroxylation is 1. The van der Waals surface area contributed by atoms with E-state index in [1.807, 2.05) is 11.8 Å². The third-order valence-electron chi connectivity index (χ3n) is 6.08. The normalized spacial score (nSPS) is 19.2. The van der Waals surface area contributed by atoms with Crippen LogP contribution in [0.2, 0.25) is 0 Å². The molecule has 3 aromatic rings. The SMILES string of the molecule is CCn1nnc2c(N3CCN(C(=O)[C@H]4CC(=O)N(c5ccc(F)cc5)C4)CC3)ncnc21. The number of fused-ring (bicyclic) bond motifs is 1. The minimum absolute atomic E-state index is 0.0210. The number of benzene rings is 1. The molecule has 0 aliphatic carbocycles. The first-order chi connectivity index (χ1) is 15.5. The summed E-state index contributed by atoms with van der Waals surface area (Å²) >= 11 is 0. The maximum absolute atomic E-state index is 13.2. The number of halogens is 1. The van der Waals surface area contributed by atoms with Crippen LogP contribution in [0.5, 0.6) is 0 Å². The molecule has 2 amide bonds. The van der Waals surface area contributed by atoms with Crippen molar-refractivity contribution in [2.75, 3.05) is 42.5 Å². The van der Waals surface area contributed by atoms with E-state index in [0.29, 0.717) is 56.1 Å². The largest absolute Gasteiger partial charge is 0.351 e. The summed E-state index contributed by atoms with van der Waals surface area (Å²) in [5, 5.41) is 8.36. The van der Waals surface area contributed by atoms with E-state index >= 15 is 0 Å². The Labute approximate surface area is 183 Å². The van der Waals surface area contributed by atoms with E-state index in [9.17, 15) is 14.0 Å². The Bertz CT molecular complexity index is 1160. The highest BCUT2D eigenvalue weighted by atomic mass is 19.1. The standard InChI is InChI=1S/C21H23FN8O2/c1-2-30-20-18(25-26-30)19(23-13-24-20)27-7-9-28(10-8-27)21(32)14-11-17(31)29(12-14)16-5-3-15(22)4-6-16/h3-6,13-14H,2,7-12H2,1H3/t14-/m0/s1. The van der Waals surface area contributed by atoms with Crippen molar-refractivity contribution in [1.82, 2.24) is 29.9 Å². The van der Waals surface area contributed by atoms with Gasteiger partial charge in [0.25, 0.3) is 0 Å². The van der Waals surface area contributed by atoms with E-state index in [-0.39, 0.29) is 24.1 Å². The van der Waals surface area contributed by atoms with E-state index < -0.39 is 5.92 Å². The topological polar surface area (TPSA) is 100 Å². The molecule has 10 nitrogen and oxygen atoms in total. The van der Waals surface area contributed by atoms with E-state index in [1.54, 1.807) is 21.7 Å². The van der Waals surface area contributed by atoms with Crippen LogP contribution >= 0.6 is 0 Å². The Hall–Kier alpha value is -3.63. The molecule has 4 heterocycles. The van der Waals surface area contributed by atoms with Gasteiger partial charge in [0.05, 0.1) is 5.92 Å². The average Bonchev–Trinajstić information content (AvgIpc) is 3.42. The van der Waals surface area contributed by atoms with Gasteiger partial charge in [-0.3, -0.25) is 9.59 Å². The first kappa shape index (κ1) is 20.3. The zero-order valence-electron chi connectivity index (χ0n) is 17.7. The molecule has 2 saturated heterocycles. The van der Waals surface area contributed by atoms with E-state index in [1.165, 1.54) is 18.5 Å². The maximum atomic E-state index is 13.2. The van der Waals surface area contributed by atoms with Crippen LogP contribution in [-0.4, -0.2) is 74.4 Å². The predicted octanol–water partition coefficient (Wildman–Crippen LogP) is 1.08. The first-order valence-electron chi connectivity index (χ1n) is 10.7. The molecule has 0 spiro atoms. The summed E-state index contributed by atoms with van der Waals surface area (Å²) in [5.41, 5.74) is 1.97.